The van der Waals surface area contributed by atoms with E-state index in [-0.39, 0.29) is 5.82 Å². The van der Waals surface area contributed by atoms with Crippen molar-refractivity contribution in [2.24, 2.45) is 0 Å². The van der Waals surface area contributed by atoms with Crippen LogP contribution in [0.25, 0.3) is 0 Å². The molecule has 1 rings (SSSR count). The number of halogens is 1. The molecule has 0 atom stereocenters. The third kappa shape index (κ3) is 3.30. The number of hydrogen-bond donors (Lipinski definition) is 1. The van der Waals surface area contributed by atoms with Crippen LogP contribution in [0.2, 0.25) is 0 Å². The first-order valence-electron chi connectivity index (χ1n) is 5.18. The molecular formula is C10H17FN4O. The van der Waals surface area contributed by atoms with Crippen LogP contribution >= 0.6 is 0 Å². The maximum absolute atomic E-state index is 13.4. The second kappa shape index (κ2) is 6.22. The van der Waals surface area contributed by atoms with Crippen LogP contribution in [0.5, 0.6) is 0 Å². The van der Waals surface area contributed by atoms with Crippen LogP contribution in [-0.2, 0) is 4.74 Å². The molecule has 0 unspecified atom stereocenters. The molecule has 90 valence electrons. The maximum Gasteiger partial charge on any atom is 0.224 e. The van der Waals surface area contributed by atoms with Gasteiger partial charge in [-0.05, 0) is 6.92 Å². The zero-order chi connectivity index (χ0) is 12.0. The first-order chi connectivity index (χ1) is 7.69. The van der Waals surface area contributed by atoms with Crippen LogP contribution in [0.4, 0.5) is 16.2 Å². The summed E-state index contributed by atoms with van der Waals surface area (Å²) in [6.07, 6.45) is 1.16. The number of nitrogens with one attached hydrogen (secondary N) is 1. The highest BCUT2D eigenvalue weighted by molar-refractivity contribution is 5.42. The van der Waals surface area contributed by atoms with E-state index in [9.17, 15) is 4.39 Å². The van der Waals surface area contributed by atoms with Gasteiger partial charge in [-0.1, -0.05) is 0 Å². The number of ether oxygens (including phenoxy) is 1. The standard InChI is InChI=1S/C10H17FN4O/c1-4-16-6-5-15(3)9-8(11)7-13-10(12-2)14-9/h7H,4-6H2,1-3H3,(H,12,13,14). The van der Waals surface area contributed by atoms with Crippen molar-refractivity contribution < 1.29 is 9.13 Å². The molecule has 1 aromatic rings. The third-order valence-electron chi connectivity index (χ3n) is 2.09. The van der Waals surface area contributed by atoms with Crippen LogP contribution in [0.3, 0.4) is 0 Å². The van der Waals surface area contributed by atoms with Crippen molar-refractivity contribution >= 4 is 11.8 Å². The Morgan fingerprint density at radius 1 is 1.56 bits per heavy atom. The summed E-state index contributed by atoms with van der Waals surface area (Å²) in [6.45, 7) is 3.71. The molecular weight excluding hydrogens is 211 g/mol. The number of rotatable bonds is 6. The van der Waals surface area contributed by atoms with Gasteiger partial charge in [0.2, 0.25) is 5.95 Å². The molecule has 1 aromatic heterocycles. The normalized spacial score (nSPS) is 10.2. The van der Waals surface area contributed by atoms with E-state index in [1.54, 1.807) is 19.0 Å². The SMILES string of the molecule is CCOCCN(C)c1nc(NC)ncc1F. The lowest BCUT2D eigenvalue weighted by atomic mass is 10.4. The molecule has 0 aliphatic heterocycles. The first-order valence-corrected chi connectivity index (χ1v) is 5.18. The van der Waals surface area contributed by atoms with Crippen molar-refractivity contribution in [3.05, 3.63) is 12.0 Å². The van der Waals surface area contributed by atoms with E-state index in [1.807, 2.05) is 6.92 Å². The van der Waals surface area contributed by atoms with E-state index < -0.39 is 5.82 Å². The fourth-order valence-corrected chi connectivity index (χ4v) is 1.20. The molecule has 0 saturated carbocycles. The first kappa shape index (κ1) is 12.6. The van der Waals surface area contributed by atoms with Gasteiger partial charge in [0.15, 0.2) is 11.6 Å². The van der Waals surface area contributed by atoms with E-state index in [1.165, 1.54) is 0 Å². The van der Waals surface area contributed by atoms with Crippen LogP contribution in [0, 0.1) is 5.82 Å². The van der Waals surface area contributed by atoms with Crippen LogP contribution < -0.4 is 10.2 Å². The molecule has 6 heteroatoms. The van der Waals surface area contributed by atoms with Gasteiger partial charge < -0.3 is 15.0 Å². The number of nitrogens with zero attached hydrogens (tertiary/aromatic N) is 3. The number of hydrogen-bond acceptors (Lipinski definition) is 5. The molecule has 0 bridgehead atoms. The molecule has 5 nitrogen and oxygen atoms in total. The largest absolute Gasteiger partial charge is 0.380 e. The van der Waals surface area contributed by atoms with Gasteiger partial charge >= 0.3 is 0 Å². The Hall–Kier alpha value is -1.43. The Balaban J connectivity index is 2.69. The summed E-state index contributed by atoms with van der Waals surface area (Å²) in [5, 5.41) is 2.77. The lowest BCUT2D eigenvalue weighted by molar-refractivity contribution is 0.154. The predicted molar refractivity (Wildman–Crippen MR) is 61.3 cm³/mol. The van der Waals surface area contributed by atoms with Crippen molar-refractivity contribution in [3.8, 4) is 0 Å². The van der Waals surface area contributed by atoms with E-state index in [4.69, 9.17) is 4.74 Å². The maximum atomic E-state index is 13.4. The highest BCUT2D eigenvalue weighted by atomic mass is 19.1. The van der Waals surface area contributed by atoms with Crippen molar-refractivity contribution in [2.45, 2.75) is 6.92 Å². The lowest BCUT2D eigenvalue weighted by Crippen LogP contribution is -2.25. The molecule has 16 heavy (non-hydrogen) atoms. The van der Waals surface area contributed by atoms with Gasteiger partial charge in [0, 0.05) is 27.2 Å². The molecule has 0 amide bonds. The van der Waals surface area contributed by atoms with E-state index >= 15 is 0 Å². The van der Waals surface area contributed by atoms with E-state index in [0.717, 1.165) is 6.20 Å². The molecule has 0 aliphatic rings. The van der Waals surface area contributed by atoms with Gasteiger partial charge in [0.1, 0.15) is 0 Å². The minimum absolute atomic E-state index is 0.277. The Morgan fingerprint density at radius 3 is 2.94 bits per heavy atom. The topological polar surface area (TPSA) is 50.3 Å². The second-order valence-corrected chi connectivity index (χ2v) is 3.23. The van der Waals surface area contributed by atoms with Gasteiger partial charge in [-0.15, -0.1) is 0 Å². The average Bonchev–Trinajstić information content (AvgIpc) is 2.30. The molecule has 0 aliphatic carbocycles. The zero-order valence-corrected chi connectivity index (χ0v) is 9.83. The highest BCUT2D eigenvalue weighted by Gasteiger charge is 2.10. The number of anilines is 2. The molecule has 0 aromatic carbocycles. The quantitative estimate of drug-likeness (QED) is 0.740. The Morgan fingerprint density at radius 2 is 2.31 bits per heavy atom. The molecule has 1 N–H and O–H groups in total. The second-order valence-electron chi connectivity index (χ2n) is 3.23. The van der Waals surface area contributed by atoms with Gasteiger partial charge in [0.05, 0.1) is 12.8 Å². The van der Waals surface area contributed by atoms with Crippen molar-refractivity contribution in [2.75, 3.05) is 44.1 Å². The van der Waals surface area contributed by atoms with Crippen molar-refractivity contribution in [3.63, 3.8) is 0 Å². The number of aromatic nitrogens is 2. The Kier molecular flexibility index (Phi) is 4.91. The highest BCUT2D eigenvalue weighted by Crippen LogP contribution is 2.15. The van der Waals surface area contributed by atoms with E-state index in [0.29, 0.717) is 25.7 Å². The predicted octanol–water partition coefficient (Wildman–Crippen LogP) is 1.13. The van der Waals surface area contributed by atoms with Crippen molar-refractivity contribution in [1.29, 1.82) is 0 Å². The summed E-state index contributed by atoms with van der Waals surface area (Å²) >= 11 is 0. The molecule has 0 spiro atoms. The molecule has 1 heterocycles. The van der Waals surface area contributed by atoms with Gasteiger partial charge in [0.25, 0.3) is 0 Å². The Labute approximate surface area is 94.6 Å². The summed E-state index contributed by atoms with van der Waals surface area (Å²) in [5.74, 6) is 0.247. The minimum Gasteiger partial charge on any atom is -0.380 e. The lowest BCUT2D eigenvalue weighted by Gasteiger charge is -2.18. The zero-order valence-electron chi connectivity index (χ0n) is 9.83. The van der Waals surface area contributed by atoms with Crippen molar-refractivity contribution in [1.82, 2.24) is 9.97 Å². The van der Waals surface area contributed by atoms with Crippen LogP contribution in [-0.4, -0.2) is 43.8 Å². The fraction of sp³-hybridized carbons (Fsp3) is 0.600. The summed E-state index contributed by atoms with van der Waals surface area (Å²) in [6, 6.07) is 0. The summed E-state index contributed by atoms with van der Waals surface area (Å²) in [4.78, 5) is 9.53. The van der Waals surface area contributed by atoms with Crippen LogP contribution in [0.15, 0.2) is 6.20 Å². The number of likely N-dealkylation sites (N-methyl/N-ethyl adjacent to an activating group) is 1. The molecule has 0 saturated heterocycles. The average molecular weight is 228 g/mol. The fourth-order valence-electron chi connectivity index (χ4n) is 1.20. The summed E-state index contributed by atoms with van der Waals surface area (Å²) in [7, 11) is 3.46. The summed E-state index contributed by atoms with van der Waals surface area (Å²) < 4.78 is 18.6. The van der Waals surface area contributed by atoms with Gasteiger partial charge in [-0.25, -0.2) is 9.37 Å². The third-order valence-corrected chi connectivity index (χ3v) is 2.09. The minimum atomic E-state index is -0.432. The molecule has 0 fully saturated rings. The summed E-state index contributed by atoms with van der Waals surface area (Å²) in [5.41, 5.74) is 0. The smallest absolute Gasteiger partial charge is 0.224 e. The Bertz CT molecular complexity index is 335. The van der Waals surface area contributed by atoms with Crippen LogP contribution in [0.1, 0.15) is 6.92 Å². The van der Waals surface area contributed by atoms with Gasteiger partial charge in [-0.3, -0.25) is 0 Å². The monoisotopic (exact) mass is 228 g/mol. The van der Waals surface area contributed by atoms with E-state index in [2.05, 4.69) is 15.3 Å². The van der Waals surface area contributed by atoms with Gasteiger partial charge in [-0.2, -0.15) is 4.98 Å². The molecule has 0 radical (unpaired) electrons.